The minimum atomic E-state index is 0.179. The van der Waals surface area contributed by atoms with E-state index < -0.39 is 0 Å². The second kappa shape index (κ2) is 4.43. The molecule has 0 saturated carbocycles. The molecule has 1 N–H and O–H groups in total. The molecule has 1 aromatic carbocycles. The molecule has 2 heterocycles. The molecule has 2 atom stereocenters. The first-order chi connectivity index (χ1) is 9.29. The van der Waals surface area contributed by atoms with Crippen LogP contribution in [0.25, 0.3) is 0 Å². The summed E-state index contributed by atoms with van der Waals surface area (Å²) in [5, 5.41) is 3.54. The number of hydrogen-bond donors (Lipinski definition) is 1. The highest BCUT2D eigenvalue weighted by Gasteiger charge is 2.35. The molecule has 2 fully saturated rings. The lowest BCUT2D eigenvalue weighted by atomic mass is 9.80. The van der Waals surface area contributed by atoms with Crippen molar-refractivity contribution in [2.24, 2.45) is 5.92 Å². The zero-order valence-electron chi connectivity index (χ0n) is 11.0. The van der Waals surface area contributed by atoms with Gasteiger partial charge in [-0.3, -0.25) is 4.79 Å². The molecule has 3 heteroatoms. The highest BCUT2D eigenvalue weighted by atomic mass is 16.5. The fourth-order valence-electron chi connectivity index (χ4n) is 3.64. The van der Waals surface area contributed by atoms with Gasteiger partial charge in [0, 0.05) is 23.6 Å². The van der Waals surface area contributed by atoms with Gasteiger partial charge in [-0.15, -0.1) is 0 Å². The molecule has 0 aromatic heterocycles. The van der Waals surface area contributed by atoms with Crippen molar-refractivity contribution in [3.05, 3.63) is 34.9 Å². The monoisotopic (exact) mass is 257 g/mol. The Morgan fingerprint density at radius 1 is 1.11 bits per heavy atom. The van der Waals surface area contributed by atoms with E-state index in [-0.39, 0.29) is 5.92 Å². The highest BCUT2D eigenvalue weighted by Crippen LogP contribution is 2.29. The Labute approximate surface area is 113 Å². The molecule has 1 aromatic rings. The smallest absolute Gasteiger partial charge is 0.166 e. The Hall–Kier alpha value is -1.19. The van der Waals surface area contributed by atoms with Crippen molar-refractivity contribution in [2.45, 2.75) is 37.8 Å². The Balaban J connectivity index is 1.54. The summed E-state index contributed by atoms with van der Waals surface area (Å²) in [7, 11) is 0. The van der Waals surface area contributed by atoms with Crippen molar-refractivity contribution < 1.29 is 9.53 Å². The molecule has 2 bridgehead atoms. The molecular formula is C16H19NO2. The maximum atomic E-state index is 12.6. The molecule has 2 saturated heterocycles. The number of benzene rings is 1. The van der Waals surface area contributed by atoms with Crippen LogP contribution in [0.1, 0.15) is 34.3 Å². The second-order valence-corrected chi connectivity index (χ2v) is 6.11. The number of aryl methyl sites for hydroxylation is 2. The Kier molecular flexibility index (Phi) is 2.71. The average Bonchev–Trinajstić information content (AvgIpc) is 2.39. The van der Waals surface area contributed by atoms with E-state index in [0.717, 1.165) is 38.0 Å². The summed E-state index contributed by atoms with van der Waals surface area (Å²) in [6.45, 7) is 1.51. The molecule has 19 heavy (non-hydrogen) atoms. The van der Waals surface area contributed by atoms with Crippen LogP contribution in [0.4, 0.5) is 0 Å². The van der Waals surface area contributed by atoms with Crippen molar-refractivity contribution in [1.29, 1.82) is 0 Å². The highest BCUT2D eigenvalue weighted by molar-refractivity contribution is 5.98. The van der Waals surface area contributed by atoms with E-state index in [1.54, 1.807) is 0 Å². The number of carbonyl (C=O) groups is 1. The Bertz CT molecular complexity index is 513. The van der Waals surface area contributed by atoms with Crippen LogP contribution in [0, 0.1) is 5.92 Å². The van der Waals surface area contributed by atoms with Crippen LogP contribution in [0.2, 0.25) is 0 Å². The number of fused-ring (bicyclic) bond motifs is 3. The number of morpholine rings is 1. The maximum Gasteiger partial charge on any atom is 0.166 e. The molecule has 0 spiro atoms. The number of ether oxygens (including phenoxy) is 1. The molecule has 100 valence electrons. The standard InChI is InChI=1S/C16H19NO2/c18-16(12-4-2-10-1-3-11(10)5-12)13-6-14-8-19-9-15(7-13)17-14/h2,4-5,13-15,17H,1,3,6-9H2. The number of Topliss-reactive ketones (excluding diaryl/α,β-unsaturated/α-hetero) is 1. The van der Waals surface area contributed by atoms with Gasteiger partial charge in [0.2, 0.25) is 0 Å². The van der Waals surface area contributed by atoms with Crippen molar-refractivity contribution >= 4 is 5.78 Å². The van der Waals surface area contributed by atoms with Gasteiger partial charge in [-0.05, 0) is 42.9 Å². The van der Waals surface area contributed by atoms with Crippen molar-refractivity contribution in [3.63, 3.8) is 0 Å². The van der Waals surface area contributed by atoms with Crippen LogP contribution in [-0.2, 0) is 17.6 Å². The van der Waals surface area contributed by atoms with E-state index in [2.05, 4.69) is 17.4 Å². The average molecular weight is 257 g/mol. The number of nitrogens with one attached hydrogen (secondary N) is 1. The first kappa shape index (κ1) is 11.6. The van der Waals surface area contributed by atoms with Crippen LogP contribution < -0.4 is 5.32 Å². The fourth-order valence-corrected chi connectivity index (χ4v) is 3.64. The van der Waals surface area contributed by atoms with Gasteiger partial charge in [0.1, 0.15) is 0 Å². The number of piperidine rings is 1. The normalized spacial score (nSPS) is 32.3. The fraction of sp³-hybridized carbons (Fsp3) is 0.562. The zero-order valence-corrected chi connectivity index (χ0v) is 11.0. The minimum absolute atomic E-state index is 0.179. The molecule has 0 radical (unpaired) electrons. The third-order valence-electron chi connectivity index (χ3n) is 4.77. The van der Waals surface area contributed by atoms with Gasteiger partial charge in [-0.2, -0.15) is 0 Å². The summed E-state index contributed by atoms with van der Waals surface area (Å²) in [5.41, 5.74) is 3.72. The Morgan fingerprint density at radius 2 is 1.84 bits per heavy atom. The number of hydrogen-bond acceptors (Lipinski definition) is 3. The zero-order chi connectivity index (χ0) is 12.8. The summed E-state index contributed by atoms with van der Waals surface area (Å²) in [5.74, 6) is 0.520. The maximum absolute atomic E-state index is 12.6. The third kappa shape index (κ3) is 2.01. The molecule has 2 aliphatic heterocycles. The van der Waals surface area contributed by atoms with Gasteiger partial charge in [0.05, 0.1) is 13.2 Å². The number of ketones is 1. The van der Waals surface area contributed by atoms with Gasteiger partial charge in [-0.25, -0.2) is 0 Å². The predicted octanol–water partition coefficient (Wildman–Crippen LogP) is 1.73. The third-order valence-corrected chi connectivity index (χ3v) is 4.77. The lowest BCUT2D eigenvalue weighted by molar-refractivity contribution is 0.00952. The first-order valence-corrected chi connectivity index (χ1v) is 7.29. The largest absolute Gasteiger partial charge is 0.378 e. The van der Waals surface area contributed by atoms with Crippen molar-refractivity contribution in [1.82, 2.24) is 5.32 Å². The molecule has 4 rings (SSSR count). The van der Waals surface area contributed by atoms with Crippen LogP contribution in [0.15, 0.2) is 18.2 Å². The van der Waals surface area contributed by atoms with Crippen LogP contribution in [0.5, 0.6) is 0 Å². The van der Waals surface area contributed by atoms with Gasteiger partial charge < -0.3 is 10.1 Å². The summed E-state index contributed by atoms with van der Waals surface area (Å²) in [4.78, 5) is 12.6. The van der Waals surface area contributed by atoms with Crippen molar-refractivity contribution in [3.8, 4) is 0 Å². The summed E-state index contributed by atoms with van der Waals surface area (Å²) < 4.78 is 5.54. The lowest BCUT2D eigenvalue weighted by Crippen LogP contribution is -2.55. The molecule has 0 amide bonds. The van der Waals surface area contributed by atoms with Gasteiger partial charge >= 0.3 is 0 Å². The summed E-state index contributed by atoms with van der Waals surface area (Å²) in [6, 6.07) is 7.02. The SMILES string of the molecule is O=C(c1ccc2c(c1)CC2)C1CC2COCC(C1)N2. The molecule has 3 nitrogen and oxygen atoms in total. The van der Waals surface area contributed by atoms with Crippen LogP contribution >= 0.6 is 0 Å². The van der Waals surface area contributed by atoms with Crippen LogP contribution in [-0.4, -0.2) is 31.1 Å². The molecule has 1 aliphatic carbocycles. The second-order valence-electron chi connectivity index (χ2n) is 6.11. The van der Waals surface area contributed by atoms with Crippen LogP contribution in [0.3, 0.4) is 0 Å². The van der Waals surface area contributed by atoms with Gasteiger partial charge in [-0.1, -0.05) is 12.1 Å². The van der Waals surface area contributed by atoms with E-state index in [4.69, 9.17) is 4.74 Å². The number of rotatable bonds is 2. The predicted molar refractivity (Wildman–Crippen MR) is 72.4 cm³/mol. The molecule has 3 aliphatic rings. The first-order valence-electron chi connectivity index (χ1n) is 7.29. The van der Waals surface area contributed by atoms with E-state index in [1.165, 1.54) is 17.5 Å². The topological polar surface area (TPSA) is 38.3 Å². The van der Waals surface area contributed by atoms with E-state index in [0.29, 0.717) is 17.9 Å². The summed E-state index contributed by atoms with van der Waals surface area (Å²) >= 11 is 0. The van der Waals surface area contributed by atoms with E-state index >= 15 is 0 Å². The molecule has 2 unspecified atom stereocenters. The van der Waals surface area contributed by atoms with E-state index in [1.807, 2.05) is 6.07 Å². The summed E-state index contributed by atoms with van der Waals surface area (Å²) in [6.07, 6.45) is 4.17. The molecular weight excluding hydrogens is 238 g/mol. The van der Waals surface area contributed by atoms with Gasteiger partial charge in [0.25, 0.3) is 0 Å². The van der Waals surface area contributed by atoms with E-state index in [9.17, 15) is 4.79 Å². The Morgan fingerprint density at radius 3 is 2.47 bits per heavy atom. The minimum Gasteiger partial charge on any atom is -0.378 e. The lowest BCUT2D eigenvalue weighted by Gasteiger charge is -2.39. The number of carbonyl (C=O) groups excluding carboxylic acids is 1. The van der Waals surface area contributed by atoms with Crippen molar-refractivity contribution in [2.75, 3.05) is 13.2 Å². The van der Waals surface area contributed by atoms with Gasteiger partial charge in [0.15, 0.2) is 5.78 Å². The quantitative estimate of drug-likeness (QED) is 0.820.